The second-order valence-corrected chi connectivity index (χ2v) is 10.0. The molecule has 0 bridgehead atoms. The van der Waals surface area contributed by atoms with Crippen LogP contribution in [0.3, 0.4) is 0 Å². The van der Waals surface area contributed by atoms with Crippen molar-refractivity contribution in [1.29, 1.82) is 0 Å². The highest BCUT2D eigenvalue weighted by Gasteiger charge is 2.18. The Morgan fingerprint density at radius 2 is 1.78 bits per heavy atom. The monoisotopic (exact) mass is 566 g/mol. The minimum absolute atomic E-state index is 0.00969. The van der Waals surface area contributed by atoms with Crippen LogP contribution in [0.5, 0.6) is 11.5 Å². The molecule has 1 unspecified atom stereocenters. The average molecular weight is 567 g/mol. The van der Waals surface area contributed by atoms with Crippen molar-refractivity contribution in [3.63, 3.8) is 0 Å². The standard InChI is InChI=1S/C30H38N4O7/c1-39-25-13-12-21(18-26(25)40-2)14-15-31-27(35)11-5-6-16-33-29(37)23-9-3-4-10-24(23)34(30(33)38)20-28(36)32-19-22-8-7-17-41-22/h3-4,9-10,12-13,18,22H,5-8,11,14-17,19-20H2,1-2H3,(H,31,35)(H,32,36). The van der Waals surface area contributed by atoms with Crippen molar-refractivity contribution in [2.24, 2.45) is 0 Å². The molecule has 3 aromatic rings. The SMILES string of the molecule is COc1ccc(CCNC(=O)CCCCn2c(=O)c3ccccc3n(CC(=O)NCC3CCCO3)c2=O)cc1OC. The van der Waals surface area contributed by atoms with Crippen molar-refractivity contribution < 1.29 is 23.8 Å². The molecular weight excluding hydrogens is 528 g/mol. The summed E-state index contributed by atoms with van der Waals surface area (Å²) in [6, 6.07) is 12.4. The van der Waals surface area contributed by atoms with E-state index in [-0.39, 0.29) is 37.4 Å². The lowest BCUT2D eigenvalue weighted by Crippen LogP contribution is -2.43. The van der Waals surface area contributed by atoms with Gasteiger partial charge in [0.05, 0.1) is 31.2 Å². The molecule has 1 aliphatic rings. The summed E-state index contributed by atoms with van der Waals surface area (Å²) in [5.74, 6) is 0.869. The number of methoxy groups -OCH3 is 2. The number of carbonyl (C=O) groups excluding carboxylic acids is 2. The molecule has 11 heteroatoms. The third-order valence-electron chi connectivity index (χ3n) is 7.20. The molecule has 2 aromatic carbocycles. The van der Waals surface area contributed by atoms with Gasteiger partial charge in [0.1, 0.15) is 6.54 Å². The van der Waals surface area contributed by atoms with Gasteiger partial charge in [-0.1, -0.05) is 18.2 Å². The predicted octanol–water partition coefficient (Wildman–Crippen LogP) is 2.00. The van der Waals surface area contributed by atoms with Gasteiger partial charge in [0.25, 0.3) is 5.56 Å². The fourth-order valence-corrected chi connectivity index (χ4v) is 4.98. The smallest absolute Gasteiger partial charge is 0.331 e. The van der Waals surface area contributed by atoms with E-state index in [9.17, 15) is 19.2 Å². The first-order valence-electron chi connectivity index (χ1n) is 14.0. The van der Waals surface area contributed by atoms with Crippen molar-refractivity contribution in [3.8, 4) is 11.5 Å². The number of amides is 2. The molecule has 2 heterocycles. The largest absolute Gasteiger partial charge is 0.493 e. The summed E-state index contributed by atoms with van der Waals surface area (Å²) in [5.41, 5.74) is 0.483. The van der Waals surface area contributed by atoms with Crippen molar-refractivity contribution in [1.82, 2.24) is 19.8 Å². The van der Waals surface area contributed by atoms with E-state index < -0.39 is 11.2 Å². The van der Waals surface area contributed by atoms with Crippen LogP contribution in [0.25, 0.3) is 10.9 Å². The maximum absolute atomic E-state index is 13.3. The number of aromatic nitrogens is 2. The summed E-state index contributed by atoms with van der Waals surface area (Å²) in [4.78, 5) is 51.5. The summed E-state index contributed by atoms with van der Waals surface area (Å²) in [5, 5.41) is 6.11. The number of unbranched alkanes of at least 4 members (excludes halogenated alkanes) is 1. The van der Waals surface area contributed by atoms with Crippen LogP contribution in [0.1, 0.15) is 37.7 Å². The lowest BCUT2D eigenvalue weighted by atomic mass is 10.1. The van der Waals surface area contributed by atoms with Gasteiger partial charge in [-0.15, -0.1) is 0 Å². The third-order valence-corrected chi connectivity index (χ3v) is 7.20. The number of hydrogen-bond donors (Lipinski definition) is 2. The second kappa shape index (κ2) is 14.5. The Labute approximate surface area is 238 Å². The van der Waals surface area contributed by atoms with Gasteiger partial charge in [-0.2, -0.15) is 0 Å². The van der Waals surface area contributed by atoms with Gasteiger partial charge in [0, 0.05) is 32.7 Å². The summed E-state index contributed by atoms with van der Waals surface area (Å²) in [6.07, 6.45) is 3.73. The zero-order chi connectivity index (χ0) is 29.2. The van der Waals surface area contributed by atoms with Crippen LogP contribution in [-0.2, 0) is 33.8 Å². The van der Waals surface area contributed by atoms with Gasteiger partial charge in [0.15, 0.2) is 11.5 Å². The minimum Gasteiger partial charge on any atom is -0.493 e. The molecule has 0 spiro atoms. The van der Waals surface area contributed by atoms with E-state index in [1.807, 2.05) is 18.2 Å². The Morgan fingerprint density at radius 1 is 0.976 bits per heavy atom. The quantitative estimate of drug-likeness (QED) is 0.286. The molecule has 220 valence electrons. The first-order chi connectivity index (χ1) is 19.9. The summed E-state index contributed by atoms with van der Waals surface area (Å²) in [6.45, 7) is 1.50. The molecule has 41 heavy (non-hydrogen) atoms. The fourth-order valence-electron chi connectivity index (χ4n) is 4.98. The number of benzene rings is 2. The summed E-state index contributed by atoms with van der Waals surface area (Å²) < 4.78 is 18.6. The van der Waals surface area contributed by atoms with Crippen LogP contribution in [0.2, 0.25) is 0 Å². The molecule has 1 atom stereocenters. The number of carbonyl (C=O) groups is 2. The van der Waals surface area contributed by atoms with Crippen molar-refractivity contribution in [2.75, 3.05) is 33.9 Å². The van der Waals surface area contributed by atoms with Crippen LogP contribution in [0, 0.1) is 0 Å². The Balaban J connectivity index is 1.31. The molecule has 4 rings (SSSR count). The van der Waals surface area contributed by atoms with Gasteiger partial charge in [0.2, 0.25) is 11.8 Å². The maximum Gasteiger partial charge on any atom is 0.331 e. The van der Waals surface area contributed by atoms with Gasteiger partial charge in [-0.3, -0.25) is 23.5 Å². The maximum atomic E-state index is 13.3. The summed E-state index contributed by atoms with van der Waals surface area (Å²) in [7, 11) is 3.16. The zero-order valence-corrected chi connectivity index (χ0v) is 23.6. The van der Waals surface area contributed by atoms with E-state index in [0.717, 1.165) is 23.0 Å². The van der Waals surface area contributed by atoms with Crippen LogP contribution >= 0.6 is 0 Å². The Morgan fingerprint density at radius 3 is 2.54 bits per heavy atom. The second-order valence-electron chi connectivity index (χ2n) is 10.0. The van der Waals surface area contributed by atoms with Gasteiger partial charge in [-0.05, 0) is 61.9 Å². The number of rotatable bonds is 14. The molecule has 11 nitrogen and oxygen atoms in total. The van der Waals surface area contributed by atoms with Crippen LogP contribution in [-0.4, -0.2) is 61.0 Å². The van der Waals surface area contributed by atoms with E-state index >= 15 is 0 Å². The average Bonchev–Trinajstić information content (AvgIpc) is 3.51. The number of para-hydroxylation sites is 1. The minimum atomic E-state index is -0.541. The van der Waals surface area contributed by atoms with E-state index in [4.69, 9.17) is 14.2 Å². The van der Waals surface area contributed by atoms with Crippen molar-refractivity contribution in [2.45, 2.75) is 57.7 Å². The first-order valence-corrected chi connectivity index (χ1v) is 14.0. The third kappa shape index (κ3) is 7.75. The van der Waals surface area contributed by atoms with E-state index in [1.165, 1.54) is 4.57 Å². The molecule has 1 fully saturated rings. The molecule has 0 aliphatic carbocycles. The number of nitrogens with zero attached hydrogens (tertiary/aromatic N) is 2. The number of nitrogens with one attached hydrogen (secondary N) is 2. The van der Waals surface area contributed by atoms with E-state index in [2.05, 4.69) is 10.6 Å². The van der Waals surface area contributed by atoms with Crippen molar-refractivity contribution >= 4 is 22.7 Å². The van der Waals surface area contributed by atoms with E-state index in [1.54, 1.807) is 38.5 Å². The molecular formula is C30H38N4O7. The fraction of sp³-hybridized carbons (Fsp3) is 0.467. The predicted molar refractivity (Wildman–Crippen MR) is 155 cm³/mol. The first kappa shape index (κ1) is 29.9. The zero-order valence-electron chi connectivity index (χ0n) is 23.6. The van der Waals surface area contributed by atoms with Crippen LogP contribution < -0.4 is 31.4 Å². The molecule has 1 saturated heterocycles. The highest BCUT2D eigenvalue weighted by molar-refractivity contribution is 5.81. The molecule has 2 N–H and O–H groups in total. The van der Waals surface area contributed by atoms with Gasteiger partial charge in [-0.25, -0.2) is 4.79 Å². The Bertz CT molecular complexity index is 1470. The van der Waals surface area contributed by atoms with Crippen LogP contribution in [0.15, 0.2) is 52.1 Å². The highest BCUT2D eigenvalue weighted by Crippen LogP contribution is 2.27. The number of fused-ring (bicyclic) bond motifs is 1. The van der Waals surface area contributed by atoms with Gasteiger partial charge < -0.3 is 24.8 Å². The Hall–Kier alpha value is -4.12. The van der Waals surface area contributed by atoms with E-state index in [0.29, 0.717) is 61.4 Å². The molecule has 0 radical (unpaired) electrons. The number of hydrogen-bond acceptors (Lipinski definition) is 7. The topological polar surface area (TPSA) is 130 Å². The molecule has 2 amide bonds. The lowest BCUT2D eigenvalue weighted by Gasteiger charge is -2.15. The van der Waals surface area contributed by atoms with Crippen LogP contribution in [0.4, 0.5) is 0 Å². The summed E-state index contributed by atoms with van der Waals surface area (Å²) >= 11 is 0. The Kier molecular flexibility index (Phi) is 10.6. The normalized spacial score (nSPS) is 14.6. The van der Waals surface area contributed by atoms with Crippen molar-refractivity contribution in [3.05, 3.63) is 68.9 Å². The molecule has 1 aromatic heterocycles. The molecule has 1 aliphatic heterocycles. The van der Waals surface area contributed by atoms with Gasteiger partial charge >= 0.3 is 5.69 Å². The highest BCUT2D eigenvalue weighted by atomic mass is 16.5. The molecule has 0 saturated carbocycles. The lowest BCUT2D eigenvalue weighted by molar-refractivity contribution is -0.122. The number of ether oxygens (including phenoxy) is 3.